The Labute approximate surface area is 130 Å². The van der Waals surface area contributed by atoms with Crippen LogP contribution in [0.4, 0.5) is 18.3 Å². The number of thiazole rings is 1. The summed E-state index contributed by atoms with van der Waals surface area (Å²) in [5.41, 5.74) is 0.945. The molecule has 1 aromatic heterocycles. The largest absolute Gasteiger partial charge is 0.496 e. The summed E-state index contributed by atoms with van der Waals surface area (Å²) in [6.45, 7) is 0.499. The minimum Gasteiger partial charge on any atom is -0.496 e. The predicted octanol–water partition coefficient (Wildman–Crippen LogP) is 4.34. The van der Waals surface area contributed by atoms with E-state index in [9.17, 15) is 13.2 Å². The van der Waals surface area contributed by atoms with Gasteiger partial charge < -0.3 is 9.64 Å². The van der Waals surface area contributed by atoms with Crippen LogP contribution in [0.3, 0.4) is 0 Å². The zero-order valence-electron chi connectivity index (χ0n) is 11.9. The summed E-state index contributed by atoms with van der Waals surface area (Å²) in [7, 11) is 1.59. The molecule has 22 heavy (non-hydrogen) atoms. The molecule has 0 aliphatic heterocycles. The summed E-state index contributed by atoms with van der Waals surface area (Å²) >= 11 is 0.698. The highest BCUT2D eigenvalue weighted by Gasteiger charge is 2.36. The first kappa shape index (κ1) is 15.1. The van der Waals surface area contributed by atoms with Gasteiger partial charge in [-0.2, -0.15) is 13.2 Å². The van der Waals surface area contributed by atoms with Crippen molar-refractivity contribution in [1.29, 1.82) is 0 Å². The van der Waals surface area contributed by atoms with E-state index in [0.717, 1.165) is 30.4 Å². The Hall–Kier alpha value is -1.76. The molecule has 118 valence electrons. The molecule has 3 rings (SSSR count). The molecule has 0 atom stereocenters. The lowest BCUT2D eigenvalue weighted by molar-refractivity contribution is -0.134. The molecule has 1 heterocycles. The van der Waals surface area contributed by atoms with Gasteiger partial charge in [-0.25, -0.2) is 4.98 Å². The number of halogens is 3. The second-order valence-electron chi connectivity index (χ2n) is 5.18. The average molecular weight is 328 g/mol. The molecular formula is C15H15F3N2OS. The maximum absolute atomic E-state index is 12.8. The molecule has 0 radical (unpaired) electrons. The van der Waals surface area contributed by atoms with Crippen LogP contribution >= 0.6 is 11.3 Å². The van der Waals surface area contributed by atoms with Crippen LogP contribution in [0, 0.1) is 0 Å². The third kappa shape index (κ3) is 3.19. The van der Waals surface area contributed by atoms with Crippen LogP contribution < -0.4 is 9.64 Å². The number of rotatable bonds is 5. The third-order valence-electron chi connectivity index (χ3n) is 3.54. The standard InChI is InChI=1S/C15H15F3N2OS/c1-21-12-5-3-2-4-10(12)9-20(11-6-7-11)14-19-8-13(22-14)15(16,17)18/h2-5,8,11H,6-7,9H2,1H3. The number of hydrogen-bond donors (Lipinski definition) is 0. The first-order valence-electron chi connectivity index (χ1n) is 6.90. The van der Waals surface area contributed by atoms with Gasteiger partial charge in [0.15, 0.2) is 5.13 Å². The Balaban J connectivity index is 1.86. The zero-order valence-corrected chi connectivity index (χ0v) is 12.7. The number of aromatic nitrogens is 1. The molecule has 3 nitrogen and oxygen atoms in total. The quantitative estimate of drug-likeness (QED) is 0.816. The van der Waals surface area contributed by atoms with E-state index in [-0.39, 0.29) is 6.04 Å². The number of ether oxygens (including phenoxy) is 1. The van der Waals surface area contributed by atoms with E-state index in [0.29, 0.717) is 23.0 Å². The molecule has 1 fully saturated rings. The zero-order chi connectivity index (χ0) is 15.7. The second-order valence-corrected chi connectivity index (χ2v) is 6.18. The van der Waals surface area contributed by atoms with Gasteiger partial charge >= 0.3 is 6.18 Å². The molecule has 2 aromatic rings. The fourth-order valence-electron chi connectivity index (χ4n) is 2.28. The number of benzene rings is 1. The van der Waals surface area contributed by atoms with Gasteiger partial charge in [0.2, 0.25) is 0 Å². The topological polar surface area (TPSA) is 25.4 Å². The van der Waals surface area contributed by atoms with Gasteiger partial charge in [-0.05, 0) is 18.9 Å². The first-order chi connectivity index (χ1) is 10.5. The molecule has 0 amide bonds. The molecule has 0 saturated heterocycles. The van der Waals surface area contributed by atoms with E-state index >= 15 is 0 Å². The van der Waals surface area contributed by atoms with Gasteiger partial charge in [-0.15, -0.1) is 0 Å². The summed E-state index contributed by atoms with van der Waals surface area (Å²) in [5.74, 6) is 0.737. The van der Waals surface area contributed by atoms with Crippen LogP contribution in [0.2, 0.25) is 0 Å². The highest BCUT2D eigenvalue weighted by atomic mass is 32.1. The van der Waals surface area contributed by atoms with Crippen molar-refractivity contribution in [2.45, 2.75) is 31.6 Å². The summed E-state index contributed by atoms with van der Waals surface area (Å²) in [4.78, 5) is 5.26. The normalized spacial score (nSPS) is 14.9. The highest BCUT2D eigenvalue weighted by molar-refractivity contribution is 7.15. The van der Waals surface area contributed by atoms with Crippen LogP contribution in [-0.2, 0) is 12.7 Å². The molecular weight excluding hydrogens is 313 g/mol. The van der Waals surface area contributed by atoms with E-state index < -0.39 is 11.1 Å². The van der Waals surface area contributed by atoms with E-state index in [4.69, 9.17) is 4.74 Å². The maximum atomic E-state index is 12.8. The van der Waals surface area contributed by atoms with E-state index in [1.807, 2.05) is 29.2 Å². The summed E-state index contributed by atoms with van der Waals surface area (Å²) < 4.78 is 43.6. The fraction of sp³-hybridized carbons (Fsp3) is 0.400. The van der Waals surface area contributed by atoms with Crippen molar-refractivity contribution in [2.24, 2.45) is 0 Å². The predicted molar refractivity (Wildman–Crippen MR) is 79.3 cm³/mol. The van der Waals surface area contributed by atoms with E-state index in [1.165, 1.54) is 0 Å². The number of para-hydroxylation sites is 1. The molecule has 1 aromatic carbocycles. The smallest absolute Gasteiger partial charge is 0.427 e. The van der Waals surface area contributed by atoms with Crippen molar-refractivity contribution >= 4 is 16.5 Å². The van der Waals surface area contributed by atoms with Crippen molar-refractivity contribution in [3.05, 3.63) is 40.9 Å². The Morgan fingerprint density at radius 2 is 2.05 bits per heavy atom. The van der Waals surface area contributed by atoms with Crippen molar-refractivity contribution in [3.8, 4) is 5.75 Å². The molecule has 1 aliphatic rings. The SMILES string of the molecule is COc1ccccc1CN(c1ncc(C(F)(F)F)s1)C1CC1. The van der Waals surface area contributed by atoms with Crippen LogP contribution in [-0.4, -0.2) is 18.1 Å². The van der Waals surface area contributed by atoms with Crippen molar-refractivity contribution in [2.75, 3.05) is 12.0 Å². The van der Waals surface area contributed by atoms with Crippen LogP contribution in [0.25, 0.3) is 0 Å². The lowest BCUT2D eigenvalue weighted by Gasteiger charge is -2.22. The molecule has 7 heteroatoms. The second kappa shape index (κ2) is 5.79. The van der Waals surface area contributed by atoms with Crippen molar-refractivity contribution in [3.63, 3.8) is 0 Å². The van der Waals surface area contributed by atoms with Gasteiger partial charge in [-0.1, -0.05) is 29.5 Å². The van der Waals surface area contributed by atoms with Gasteiger partial charge in [0.1, 0.15) is 10.6 Å². The van der Waals surface area contributed by atoms with Crippen molar-refractivity contribution < 1.29 is 17.9 Å². The summed E-state index contributed by atoms with van der Waals surface area (Å²) in [6, 6.07) is 7.80. The van der Waals surface area contributed by atoms with Gasteiger partial charge in [-0.3, -0.25) is 0 Å². The monoisotopic (exact) mass is 328 g/mol. The summed E-state index contributed by atoms with van der Waals surface area (Å²) in [6.07, 6.45) is -1.46. The molecule has 0 N–H and O–H groups in total. The van der Waals surface area contributed by atoms with Crippen molar-refractivity contribution in [1.82, 2.24) is 4.98 Å². The lowest BCUT2D eigenvalue weighted by Crippen LogP contribution is -2.25. The van der Waals surface area contributed by atoms with Crippen LogP contribution in [0.15, 0.2) is 30.5 Å². The number of hydrogen-bond acceptors (Lipinski definition) is 4. The molecule has 0 bridgehead atoms. The number of anilines is 1. The first-order valence-corrected chi connectivity index (χ1v) is 7.72. The molecule has 1 saturated carbocycles. The van der Waals surface area contributed by atoms with Gasteiger partial charge in [0.05, 0.1) is 13.3 Å². The Morgan fingerprint density at radius 1 is 1.32 bits per heavy atom. The lowest BCUT2D eigenvalue weighted by atomic mass is 10.2. The highest BCUT2D eigenvalue weighted by Crippen LogP contribution is 2.40. The van der Waals surface area contributed by atoms with E-state index in [1.54, 1.807) is 7.11 Å². The Morgan fingerprint density at radius 3 is 2.64 bits per heavy atom. The van der Waals surface area contributed by atoms with Gasteiger partial charge in [0.25, 0.3) is 0 Å². The maximum Gasteiger partial charge on any atom is 0.427 e. The number of alkyl halides is 3. The Kier molecular flexibility index (Phi) is 3.99. The third-order valence-corrected chi connectivity index (χ3v) is 4.62. The number of methoxy groups -OCH3 is 1. The summed E-state index contributed by atoms with van der Waals surface area (Å²) in [5, 5.41) is 0.417. The molecule has 1 aliphatic carbocycles. The average Bonchev–Trinajstić information content (AvgIpc) is 3.19. The fourth-order valence-corrected chi connectivity index (χ4v) is 3.14. The van der Waals surface area contributed by atoms with Crippen LogP contribution in [0.1, 0.15) is 23.3 Å². The van der Waals surface area contributed by atoms with Gasteiger partial charge in [0, 0.05) is 18.2 Å². The van der Waals surface area contributed by atoms with E-state index in [2.05, 4.69) is 4.98 Å². The molecule has 0 unspecified atom stereocenters. The molecule has 0 spiro atoms. The Bertz CT molecular complexity index is 652. The minimum absolute atomic E-state index is 0.261. The minimum atomic E-state index is -4.34. The number of nitrogens with zero attached hydrogens (tertiary/aromatic N) is 2. The van der Waals surface area contributed by atoms with Crippen LogP contribution in [0.5, 0.6) is 5.75 Å².